The number of unbranched alkanes of at least 4 members (excludes halogenated alkanes) is 5. The van der Waals surface area contributed by atoms with E-state index in [-0.39, 0.29) is 0 Å². The van der Waals surface area contributed by atoms with Crippen molar-refractivity contribution in [2.24, 2.45) is 0 Å². The van der Waals surface area contributed by atoms with Crippen LogP contribution in [0.5, 0.6) is 0 Å². The molecule has 0 radical (unpaired) electrons. The topological polar surface area (TPSA) is 0 Å². The van der Waals surface area contributed by atoms with E-state index in [9.17, 15) is 0 Å². The Balaban J connectivity index is 1.44. The van der Waals surface area contributed by atoms with E-state index in [1.165, 1.54) is 62.5 Å². The van der Waals surface area contributed by atoms with E-state index in [0.717, 1.165) is 0 Å². The fourth-order valence-electron chi connectivity index (χ4n) is 2.65. The molecule has 0 atom stereocenters. The molecule has 0 amide bonds. The summed E-state index contributed by atoms with van der Waals surface area (Å²) in [6.07, 6.45) is 10.7. The predicted molar refractivity (Wildman–Crippen MR) is 88.0 cm³/mol. The van der Waals surface area contributed by atoms with Crippen LogP contribution < -0.4 is 0 Å². The lowest BCUT2D eigenvalue weighted by molar-refractivity contribution is 0.594. The van der Waals surface area contributed by atoms with Gasteiger partial charge in [-0.15, -0.1) is 0 Å². The van der Waals surface area contributed by atoms with Gasteiger partial charge in [0.25, 0.3) is 0 Å². The third-order valence-corrected chi connectivity index (χ3v) is 3.87. The zero-order valence-corrected chi connectivity index (χ0v) is 12.4. The fraction of sp³-hybridized carbons (Fsp3) is 0.400. The minimum absolute atomic E-state index is 1.24. The number of hydrogen-bond donors (Lipinski definition) is 0. The molecule has 2 aromatic rings. The summed E-state index contributed by atoms with van der Waals surface area (Å²) in [4.78, 5) is 0. The van der Waals surface area contributed by atoms with Crippen LogP contribution in [-0.2, 0) is 12.8 Å². The first kappa shape index (κ1) is 14.8. The van der Waals surface area contributed by atoms with Gasteiger partial charge in [-0.2, -0.15) is 0 Å². The second-order valence-corrected chi connectivity index (χ2v) is 5.59. The first-order chi connectivity index (χ1) is 9.95. The van der Waals surface area contributed by atoms with E-state index < -0.39 is 0 Å². The normalized spacial score (nSPS) is 10.6. The standard InChI is InChI=1S/C20H26/c1(3-7-13-19-15-9-5-10-16-19)2-4-8-14-20-17-11-6-12-18-20/h5-6,9-12,15-18H,1-4,7-8,13-14H2. The highest BCUT2D eigenvalue weighted by Gasteiger charge is 1.95. The van der Waals surface area contributed by atoms with E-state index in [0.29, 0.717) is 0 Å². The lowest BCUT2D eigenvalue weighted by Crippen LogP contribution is -1.87. The van der Waals surface area contributed by atoms with Crippen LogP contribution in [0, 0.1) is 0 Å². The Morgan fingerprint density at radius 2 is 0.750 bits per heavy atom. The summed E-state index contributed by atoms with van der Waals surface area (Å²) >= 11 is 0. The molecule has 2 rings (SSSR count). The molecule has 20 heavy (non-hydrogen) atoms. The van der Waals surface area contributed by atoms with Crippen molar-refractivity contribution < 1.29 is 0 Å². The molecule has 0 unspecified atom stereocenters. The van der Waals surface area contributed by atoms with Gasteiger partial charge in [0.2, 0.25) is 0 Å². The summed E-state index contributed by atoms with van der Waals surface area (Å²) in [5.74, 6) is 0. The largest absolute Gasteiger partial charge is 0.0622 e. The maximum atomic E-state index is 2.24. The average Bonchev–Trinajstić information content (AvgIpc) is 2.52. The zero-order valence-electron chi connectivity index (χ0n) is 12.4. The molecule has 0 aromatic heterocycles. The minimum atomic E-state index is 1.24. The molecule has 0 nitrogen and oxygen atoms in total. The summed E-state index contributed by atoms with van der Waals surface area (Å²) in [7, 11) is 0. The Morgan fingerprint density at radius 1 is 0.400 bits per heavy atom. The van der Waals surface area contributed by atoms with Crippen LogP contribution in [0.15, 0.2) is 60.7 Å². The van der Waals surface area contributed by atoms with Gasteiger partial charge in [-0.25, -0.2) is 0 Å². The van der Waals surface area contributed by atoms with Crippen molar-refractivity contribution in [3.05, 3.63) is 71.8 Å². The van der Waals surface area contributed by atoms with Gasteiger partial charge >= 0.3 is 0 Å². The van der Waals surface area contributed by atoms with Gasteiger partial charge in [0.1, 0.15) is 0 Å². The molecule has 0 aliphatic heterocycles. The van der Waals surface area contributed by atoms with Crippen LogP contribution in [0.25, 0.3) is 0 Å². The van der Waals surface area contributed by atoms with Gasteiger partial charge in [0.05, 0.1) is 0 Å². The van der Waals surface area contributed by atoms with Crippen LogP contribution in [0.3, 0.4) is 0 Å². The molecule has 0 saturated carbocycles. The summed E-state index contributed by atoms with van der Waals surface area (Å²) in [6, 6.07) is 21.7. The Hall–Kier alpha value is -1.56. The van der Waals surface area contributed by atoms with Gasteiger partial charge in [-0.1, -0.05) is 86.3 Å². The highest BCUT2D eigenvalue weighted by Crippen LogP contribution is 2.11. The van der Waals surface area contributed by atoms with Crippen LogP contribution in [0.1, 0.15) is 49.7 Å². The molecular formula is C20H26. The monoisotopic (exact) mass is 266 g/mol. The minimum Gasteiger partial charge on any atom is -0.0622 e. The Morgan fingerprint density at radius 3 is 1.15 bits per heavy atom. The smallest absolute Gasteiger partial charge is 0.0279 e. The van der Waals surface area contributed by atoms with Gasteiger partial charge in [0.15, 0.2) is 0 Å². The van der Waals surface area contributed by atoms with E-state index in [4.69, 9.17) is 0 Å². The number of rotatable bonds is 9. The molecule has 0 fully saturated rings. The van der Waals surface area contributed by atoms with Crippen molar-refractivity contribution in [2.45, 2.75) is 51.4 Å². The Kier molecular flexibility index (Phi) is 6.95. The van der Waals surface area contributed by atoms with Crippen LogP contribution in [0.2, 0.25) is 0 Å². The summed E-state index contributed by atoms with van der Waals surface area (Å²) in [5, 5.41) is 0. The molecular weight excluding hydrogens is 240 g/mol. The fourth-order valence-corrected chi connectivity index (χ4v) is 2.65. The molecule has 0 heteroatoms. The molecule has 0 bridgehead atoms. The third-order valence-electron chi connectivity index (χ3n) is 3.87. The molecule has 0 N–H and O–H groups in total. The van der Waals surface area contributed by atoms with Crippen LogP contribution in [0.4, 0.5) is 0 Å². The van der Waals surface area contributed by atoms with Crippen LogP contribution >= 0.6 is 0 Å². The molecule has 106 valence electrons. The van der Waals surface area contributed by atoms with Crippen molar-refractivity contribution >= 4 is 0 Å². The lowest BCUT2D eigenvalue weighted by Gasteiger charge is -2.03. The zero-order chi connectivity index (χ0) is 13.9. The van der Waals surface area contributed by atoms with E-state index in [1.54, 1.807) is 0 Å². The van der Waals surface area contributed by atoms with E-state index in [2.05, 4.69) is 60.7 Å². The van der Waals surface area contributed by atoms with Gasteiger partial charge in [-0.05, 0) is 36.8 Å². The van der Waals surface area contributed by atoms with Crippen molar-refractivity contribution in [3.63, 3.8) is 0 Å². The summed E-state index contributed by atoms with van der Waals surface area (Å²) < 4.78 is 0. The lowest BCUT2D eigenvalue weighted by atomic mass is 10.0. The molecule has 0 spiro atoms. The van der Waals surface area contributed by atoms with E-state index >= 15 is 0 Å². The van der Waals surface area contributed by atoms with Crippen molar-refractivity contribution in [2.75, 3.05) is 0 Å². The first-order valence-electron chi connectivity index (χ1n) is 8.03. The highest BCUT2D eigenvalue weighted by molar-refractivity contribution is 5.15. The molecule has 0 heterocycles. The second kappa shape index (κ2) is 9.36. The van der Waals surface area contributed by atoms with Crippen LogP contribution in [-0.4, -0.2) is 0 Å². The number of hydrogen-bond acceptors (Lipinski definition) is 0. The third kappa shape index (κ3) is 6.06. The highest BCUT2D eigenvalue weighted by atomic mass is 14.0. The Bertz CT molecular complexity index is 398. The van der Waals surface area contributed by atoms with Crippen molar-refractivity contribution in [1.29, 1.82) is 0 Å². The molecule has 0 aliphatic carbocycles. The van der Waals surface area contributed by atoms with Crippen molar-refractivity contribution in [1.82, 2.24) is 0 Å². The molecule has 0 saturated heterocycles. The van der Waals surface area contributed by atoms with Gasteiger partial charge in [0, 0.05) is 0 Å². The van der Waals surface area contributed by atoms with Crippen molar-refractivity contribution in [3.8, 4) is 0 Å². The predicted octanol–water partition coefficient (Wildman–Crippen LogP) is 5.81. The number of aryl methyl sites for hydroxylation is 2. The maximum Gasteiger partial charge on any atom is -0.0279 e. The Labute approximate surface area is 123 Å². The van der Waals surface area contributed by atoms with Gasteiger partial charge < -0.3 is 0 Å². The summed E-state index contributed by atoms with van der Waals surface area (Å²) in [5.41, 5.74) is 2.97. The maximum absolute atomic E-state index is 2.24. The first-order valence-corrected chi connectivity index (χ1v) is 8.03. The second-order valence-electron chi connectivity index (χ2n) is 5.59. The number of benzene rings is 2. The quantitative estimate of drug-likeness (QED) is 0.502. The molecule has 0 aliphatic rings. The average molecular weight is 266 g/mol. The SMILES string of the molecule is c1ccc(CCCCCCCCc2ccccc2)cc1. The molecule has 2 aromatic carbocycles. The summed E-state index contributed by atoms with van der Waals surface area (Å²) in [6.45, 7) is 0. The van der Waals surface area contributed by atoms with E-state index in [1.807, 2.05) is 0 Å². The van der Waals surface area contributed by atoms with Gasteiger partial charge in [-0.3, -0.25) is 0 Å².